The molecule has 3 fully saturated rings. The van der Waals surface area contributed by atoms with Crippen molar-refractivity contribution < 1.29 is 47.5 Å². The Balaban J connectivity index is 1.88. The smallest absolute Gasteiger partial charge is 0.303 e. The average molecular weight is 506 g/mol. The van der Waals surface area contributed by atoms with E-state index in [2.05, 4.69) is 0 Å². The summed E-state index contributed by atoms with van der Waals surface area (Å²) in [5, 5.41) is -1.02. The second-order valence-corrected chi connectivity index (χ2v) is 8.41. The first-order chi connectivity index (χ1) is 14.6. The van der Waals surface area contributed by atoms with Gasteiger partial charge in [-0.2, -0.15) is 0 Å². The molecule has 0 saturated carbocycles. The number of hydrogen-bond acceptors (Lipinski definition) is 10. The van der Waals surface area contributed by atoms with Crippen LogP contribution in [0, 0.1) is 0 Å². The third-order valence-electron chi connectivity index (χ3n) is 4.96. The summed E-state index contributed by atoms with van der Waals surface area (Å²) in [6, 6.07) is 0. The first-order valence-corrected chi connectivity index (χ1v) is 11.0. The fraction of sp³-hybridized carbons (Fsp3) is 0.833. The van der Waals surface area contributed by atoms with Crippen molar-refractivity contribution in [3.8, 4) is 0 Å². The van der Waals surface area contributed by atoms with Crippen molar-refractivity contribution in [1.82, 2.24) is 0 Å². The first kappa shape index (κ1) is 24.8. The molecule has 3 heterocycles. The Morgan fingerprint density at radius 2 is 1.58 bits per heavy atom. The second kappa shape index (κ2) is 9.94. The van der Waals surface area contributed by atoms with E-state index in [-0.39, 0.29) is 24.5 Å². The number of carbonyl (C=O) groups is 3. The molecule has 176 valence electrons. The van der Waals surface area contributed by atoms with Gasteiger partial charge in [0.15, 0.2) is 12.2 Å². The molecule has 3 aliphatic heterocycles. The number of esters is 3. The van der Waals surface area contributed by atoms with Crippen LogP contribution in [0.15, 0.2) is 0 Å². The summed E-state index contributed by atoms with van der Waals surface area (Å²) in [7, 11) is 0. The van der Waals surface area contributed by atoms with Crippen molar-refractivity contribution in [1.29, 1.82) is 0 Å². The van der Waals surface area contributed by atoms with Gasteiger partial charge >= 0.3 is 17.9 Å². The van der Waals surface area contributed by atoms with Crippen LogP contribution in [0.4, 0.5) is 0 Å². The summed E-state index contributed by atoms with van der Waals surface area (Å²) in [5.41, 5.74) is 0. The van der Waals surface area contributed by atoms with Crippen LogP contribution in [0.25, 0.3) is 0 Å². The Bertz CT molecular complexity index is 708. The minimum Gasteiger partial charge on any atom is -0.463 e. The number of halogens is 3. The number of rotatable bonds is 8. The summed E-state index contributed by atoms with van der Waals surface area (Å²) in [6.07, 6.45) is -5.98. The van der Waals surface area contributed by atoms with E-state index < -0.39 is 65.9 Å². The van der Waals surface area contributed by atoms with E-state index in [0.29, 0.717) is 0 Å². The van der Waals surface area contributed by atoms with Crippen LogP contribution in [0.3, 0.4) is 0 Å². The van der Waals surface area contributed by atoms with Crippen molar-refractivity contribution in [3.63, 3.8) is 0 Å². The molecule has 3 aliphatic rings. The fourth-order valence-corrected chi connectivity index (χ4v) is 4.48. The normalized spacial score (nSPS) is 41.2. The summed E-state index contributed by atoms with van der Waals surface area (Å²) >= 11 is 18.5. The Morgan fingerprint density at radius 3 is 2.10 bits per heavy atom. The molecule has 0 unspecified atom stereocenters. The minimum absolute atomic E-state index is 0.147. The van der Waals surface area contributed by atoms with Crippen LogP contribution in [-0.4, -0.2) is 90.4 Å². The largest absolute Gasteiger partial charge is 0.463 e. The van der Waals surface area contributed by atoms with E-state index in [0.717, 1.165) is 0 Å². The molecule has 0 spiro atoms. The Hall–Kier alpha value is -0.880. The van der Waals surface area contributed by atoms with Crippen LogP contribution in [0.5, 0.6) is 0 Å². The molecule has 3 rings (SSSR count). The molecule has 0 bridgehead atoms. The van der Waals surface area contributed by atoms with Crippen molar-refractivity contribution in [2.45, 2.75) is 74.8 Å². The quantitative estimate of drug-likeness (QED) is 0.205. The van der Waals surface area contributed by atoms with Gasteiger partial charge in [-0.1, -0.05) is 0 Å². The van der Waals surface area contributed by atoms with Crippen LogP contribution in [0.1, 0.15) is 20.8 Å². The molecule has 3 saturated heterocycles. The molecule has 31 heavy (non-hydrogen) atoms. The SMILES string of the molecule is CC(=O)OC[C@H]1O[C@H](O[C@]2(CCl)O[C@H](CCl)[C@@H]3O[C@@H]32)[C@H](OC(C)=O)[C@@H](OC(C)=O)[C@H]1Cl. The zero-order valence-corrected chi connectivity index (χ0v) is 19.2. The van der Waals surface area contributed by atoms with E-state index in [1.165, 1.54) is 20.8 Å². The highest BCUT2D eigenvalue weighted by atomic mass is 35.5. The van der Waals surface area contributed by atoms with E-state index in [1.807, 2.05) is 0 Å². The van der Waals surface area contributed by atoms with Crippen molar-refractivity contribution in [2.24, 2.45) is 0 Å². The van der Waals surface area contributed by atoms with Crippen LogP contribution >= 0.6 is 34.8 Å². The zero-order chi connectivity index (χ0) is 22.9. The van der Waals surface area contributed by atoms with E-state index in [1.54, 1.807) is 0 Å². The Morgan fingerprint density at radius 1 is 0.935 bits per heavy atom. The predicted octanol–water partition coefficient (Wildman–Crippen LogP) is 1.10. The summed E-state index contributed by atoms with van der Waals surface area (Å²) < 4.78 is 39.1. The van der Waals surface area contributed by atoms with E-state index in [4.69, 9.17) is 68.0 Å². The number of ether oxygens (including phenoxy) is 7. The first-order valence-electron chi connectivity index (χ1n) is 9.52. The predicted molar refractivity (Wildman–Crippen MR) is 105 cm³/mol. The maximum absolute atomic E-state index is 11.8. The fourth-order valence-electron chi connectivity index (χ4n) is 3.64. The molecule has 0 aromatic rings. The third-order valence-corrected chi connectivity index (χ3v) is 6.16. The number of carbonyl (C=O) groups excluding carboxylic acids is 3. The Labute approximate surface area is 193 Å². The standard InChI is InChI=1S/C18H23Cl3O10/c1-7(22)25-5-11-12(21)14(26-8(2)23)15(27-9(3)24)17(28-11)31-18(6-20)16-13(29-16)10(4-19)30-18/h10-17H,4-6H2,1-3H3/t10-,11-,12+,13+,14+,15-,16+,17-,18+/m1/s1. The molecule has 0 amide bonds. The molecule has 0 aromatic heterocycles. The van der Waals surface area contributed by atoms with Gasteiger partial charge in [0.1, 0.15) is 36.4 Å². The highest BCUT2D eigenvalue weighted by Gasteiger charge is 2.69. The van der Waals surface area contributed by atoms with E-state index in [9.17, 15) is 14.4 Å². The van der Waals surface area contributed by atoms with Gasteiger partial charge in [-0.05, 0) is 0 Å². The van der Waals surface area contributed by atoms with Gasteiger partial charge in [0.25, 0.3) is 0 Å². The highest BCUT2D eigenvalue weighted by Crippen LogP contribution is 2.49. The van der Waals surface area contributed by atoms with Crippen molar-refractivity contribution >= 4 is 52.7 Å². The molecule has 0 aromatic carbocycles. The number of hydrogen-bond donors (Lipinski definition) is 0. The van der Waals surface area contributed by atoms with Gasteiger partial charge in [-0.25, -0.2) is 0 Å². The number of epoxide rings is 1. The van der Waals surface area contributed by atoms with Crippen molar-refractivity contribution in [3.05, 3.63) is 0 Å². The maximum atomic E-state index is 11.8. The van der Waals surface area contributed by atoms with Crippen LogP contribution < -0.4 is 0 Å². The molecular formula is C18H23Cl3O10. The van der Waals surface area contributed by atoms with Gasteiger partial charge in [0.2, 0.25) is 12.1 Å². The number of alkyl halides is 3. The monoisotopic (exact) mass is 504 g/mol. The Kier molecular flexibility index (Phi) is 7.94. The summed E-state index contributed by atoms with van der Waals surface area (Å²) in [5.74, 6) is -3.36. The maximum Gasteiger partial charge on any atom is 0.303 e. The highest BCUT2D eigenvalue weighted by molar-refractivity contribution is 6.21. The second-order valence-electron chi connectivity index (χ2n) is 7.33. The number of fused-ring (bicyclic) bond motifs is 1. The molecule has 13 heteroatoms. The van der Waals surface area contributed by atoms with Crippen LogP contribution in [0.2, 0.25) is 0 Å². The summed E-state index contributed by atoms with van der Waals surface area (Å²) in [4.78, 5) is 34.7. The molecule has 10 nitrogen and oxygen atoms in total. The topological polar surface area (TPSA) is 119 Å². The molecule has 0 N–H and O–H groups in total. The van der Waals surface area contributed by atoms with Gasteiger partial charge in [0.05, 0.1) is 11.8 Å². The van der Waals surface area contributed by atoms with E-state index >= 15 is 0 Å². The van der Waals surface area contributed by atoms with Gasteiger partial charge < -0.3 is 33.2 Å². The lowest BCUT2D eigenvalue weighted by molar-refractivity contribution is -0.356. The molecule has 0 aliphatic carbocycles. The minimum atomic E-state index is -1.44. The van der Waals surface area contributed by atoms with Gasteiger partial charge in [-0.15, -0.1) is 34.8 Å². The zero-order valence-electron chi connectivity index (χ0n) is 17.0. The van der Waals surface area contributed by atoms with Gasteiger partial charge in [-0.3, -0.25) is 14.4 Å². The molecule has 0 radical (unpaired) electrons. The van der Waals surface area contributed by atoms with Crippen LogP contribution in [-0.2, 0) is 47.5 Å². The lowest BCUT2D eigenvalue weighted by Gasteiger charge is -2.45. The van der Waals surface area contributed by atoms with Gasteiger partial charge in [0, 0.05) is 20.8 Å². The third kappa shape index (κ3) is 5.38. The lowest BCUT2D eigenvalue weighted by Crippen LogP contribution is -2.62. The summed E-state index contributed by atoms with van der Waals surface area (Å²) in [6.45, 7) is 3.31. The average Bonchev–Trinajstić information content (AvgIpc) is 3.44. The molecular weight excluding hydrogens is 483 g/mol. The van der Waals surface area contributed by atoms with Crippen molar-refractivity contribution in [2.75, 3.05) is 18.4 Å². The molecule has 9 atom stereocenters. The lowest BCUT2D eigenvalue weighted by atomic mass is 10.0.